The van der Waals surface area contributed by atoms with E-state index in [1.807, 2.05) is 44.9 Å². The van der Waals surface area contributed by atoms with Gasteiger partial charge in [-0.1, -0.05) is 28.1 Å². The Bertz CT molecular complexity index is 657. The first-order valence-electron chi connectivity index (χ1n) is 7.75. The molecule has 1 rings (SSSR count). The van der Waals surface area contributed by atoms with E-state index in [9.17, 15) is 8.42 Å². The van der Waals surface area contributed by atoms with E-state index >= 15 is 0 Å². The van der Waals surface area contributed by atoms with Crippen LogP contribution in [-0.2, 0) is 16.6 Å². The SMILES string of the molecule is CCNC(=NCC(C)(C)NS(C)(=O)=O)N(C)Cc1ccc(Br)cc1. The van der Waals surface area contributed by atoms with E-state index in [1.165, 1.54) is 5.56 Å². The summed E-state index contributed by atoms with van der Waals surface area (Å²) in [5.74, 6) is 0.740. The number of nitrogens with zero attached hydrogens (tertiary/aromatic N) is 2. The van der Waals surface area contributed by atoms with Gasteiger partial charge in [0.15, 0.2) is 5.96 Å². The molecule has 136 valence electrons. The molecular formula is C16H27BrN4O2S. The molecule has 0 radical (unpaired) electrons. The highest BCUT2D eigenvalue weighted by Gasteiger charge is 2.22. The number of aliphatic imine (C=N–C) groups is 1. The highest BCUT2D eigenvalue weighted by molar-refractivity contribution is 9.10. The molecule has 0 aromatic heterocycles. The molecule has 0 spiro atoms. The molecule has 0 saturated carbocycles. The predicted molar refractivity (Wildman–Crippen MR) is 104 cm³/mol. The normalized spacial score (nSPS) is 13.0. The summed E-state index contributed by atoms with van der Waals surface area (Å²) in [6.07, 6.45) is 1.16. The van der Waals surface area contributed by atoms with E-state index < -0.39 is 15.6 Å². The largest absolute Gasteiger partial charge is 0.357 e. The van der Waals surface area contributed by atoms with Crippen LogP contribution in [0.15, 0.2) is 33.7 Å². The van der Waals surface area contributed by atoms with Gasteiger partial charge in [0.05, 0.1) is 12.8 Å². The van der Waals surface area contributed by atoms with Crippen molar-refractivity contribution in [2.24, 2.45) is 4.99 Å². The van der Waals surface area contributed by atoms with Crippen LogP contribution < -0.4 is 10.0 Å². The summed E-state index contributed by atoms with van der Waals surface area (Å²) in [6, 6.07) is 8.12. The molecule has 0 aliphatic carbocycles. The zero-order chi connectivity index (χ0) is 18.4. The number of guanidine groups is 1. The highest BCUT2D eigenvalue weighted by Crippen LogP contribution is 2.12. The number of benzene rings is 1. The average molecular weight is 419 g/mol. The standard InChI is InChI=1S/C16H27BrN4O2S/c1-6-18-15(19-12-16(2,3)20-24(5,22)23)21(4)11-13-7-9-14(17)10-8-13/h7-10,20H,6,11-12H2,1-5H3,(H,18,19). The van der Waals surface area contributed by atoms with Crippen molar-refractivity contribution in [1.82, 2.24) is 14.9 Å². The minimum atomic E-state index is -3.27. The second kappa shape index (κ2) is 8.82. The summed E-state index contributed by atoms with van der Waals surface area (Å²) in [5, 5.41) is 3.24. The Morgan fingerprint density at radius 3 is 2.38 bits per heavy atom. The summed E-state index contributed by atoms with van der Waals surface area (Å²) >= 11 is 3.43. The van der Waals surface area contributed by atoms with E-state index in [4.69, 9.17) is 0 Å². The van der Waals surface area contributed by atoms with Gasteiger partial charge >= 0.3 is 0 Å². The fourth-order valence-corrected chi connectivity index (χ4v) is 3.55. The Balaban J connectivity index is 2.82. The van der Waals surface area contributed by atoms with E-state index in [0.717, 1.165) is 23.2 Å². The minimum Gasteiger partial charge on any atom is -0.357 e. The Kier molecular flexibility index (Phi) is 7.69. The number of rotatable bonds is 7. The van der Waals surface area contributed by atoms with Gasteiger partial charge in [-0.3, -0.25) is 4.99 Å². The lowest BCUT2D eigenvalue weighted by atomic mass is 10.1. The maximum atomic E-state index is 11.4. The van der Waals surface area contributed by atoms with Gasteiger partial charge in [-0.05, 0) is 38.5 Å². The monoisotopic (exact) mass is 418 g/mol. The molecule has 0 aliphatic heterocycles. The number of halogens is 1. The second-order valence-electron chi connectivity index (χ2n) is 6.41. The minimum absolute atomic E-state index is 0.340. The van der Waals surface area contributed by atoms with Crippen molar-refractivity contribution in [3.8, 4) is 0 Å². The Morgan fingerprint density at radius 2 is 1.88 bits per heavy atom. The lowest BCUT2D eigenvalue weighted by Crippen LogP contribution is -2.46. The molecule has 8 heteroatoms. The van der Waals surface area contributed by atoms with Crippen molar-refractivity contribution >= 4 is 31.9 Å². The van der Waals surface area contributed by atoms with Crippen LogP contribution in [0.25, 0.3) is 0 Å². The van der Waals surface area contributed by atoms with Crippen molar-refractivity contribution in [2.45, 2.75) is 32.9 Å². The molecule has 2 N–H and O–H groups in total. The van der Waals surface area contributed by atoms with E-state index in [-0.39, 0.29) is 0 Å². The predicted octanol–water partition coefficient (Wildman–Crippen LogP) is 2.17. The van der Waals surface area contributed by atoms with Gasteiger partial charge in [-0.2, -0.15) is 0 Å². The van der Waals surface area contributed by atoms with Crippen LogP contribution in [-0.4, -0.2) is 51.2 Å². The van der Waals surface area contributed by atoms with Crippen LogP contribution in [0, 0.1) is 0 Å². The van der Waals surface area contributed by atoms with Gasteiger partial charge in [-0.15, -0.1) is 0 Å². The number of nitrogens with one attached hydrogen (secondary N) is 2. The highest BCUT2D eigenvalue weighted by atomic mass is 79.9. The Morgan fingerprint density at radius 1 is 1.29 bits per heavy atom. The lowest BCUT2D eigenvalue weighted by Gasteiger charge is -2.26. The van der Waals surface area contributed by atoms with Crippen molar-refractivity contribution in [2.75, 3.05) is 26.4 Å². The van der Waals surface area contributed by atoms with Crippen LogP contribution in [0.4, 0.5) is 0 Å². The topological polar surface area (TPSA) is 73.8 Å². The van der Waals surface area contributed by atoms with Gasteiger partial charge < -0.3 is 10.2 Å². The fraction of sp³-hybridized carbons (Fsp3) is 0.562. The van der Waals surface area contributed by atoms with Crippen molar-refractivity contribution in [1.29, 1.82) is 0 Å². The first-order chi connectivity index (χ1) is 11.0. The van der Waals surface area contributed by atoms with Crippen LogP contribution in [0.5, 0.6) is 0 Å². The molecule has 0 amide bonds. The molecule has 0 aliphatic rings. The van der Waals surface area contributed by atoms with Crippen LogP contribution in [0.1, 0.15) is 26.3 Å². The van der Waals surface area contributed by atoms with Gasteiger partial charge in [0.25, 0.3) is 0 Å². The van der Waals surface area contributed by atoms with Gasteiger partial charge in [-0.25, -0.2) is 13.1 Å². The van der Waals surface area contributed by atoms with E-state index in [2.05, 4.69) is 43.1 Å². The van der Waals surface area contributed by atoms with Crippen LogP contribution in [0.2, 0.25) is 0 Å². The molecule has 24 heavy (non-hydrogen) atoms. The quantitative estimate of drug-likeness (QED) is 0.525. The first-order valence-corrected chi connectivity index (χ1v) is 10.4. The summed E-state index contributed by atoms with van der Waals surface area (Å²) < 4.78 is 26.5. The molecule has 0 atom stereocenters. The molecule has 0 bridgehead atoms. The molecular weight excluding hydrogens is 392 g/mol. The first kappa shape index (κ1) is 20.9. The molecule has 0 saturated heterocycles. The third kappa shape index (κ3) is 8.12. The molecule has 0 heterocycles. The third-order valence-corrected chi connectivity index (χ3v) is 4.57. The van der Waals surface area contributed by atoms with Crippen molar-refractivity contribution < 1.29 is 8.42 Å². The average Bonchev–Trinajstić information content (AvgIpc) is 2.43. The maximum Gasteiger partial charge on any atom is 0.209 e. The van der Waals surface area contributed by atoms with Crippen LogP contribution >= 0.6 is 15.9 Å². The molecule has 1 aromatic carbocycles. The zero-order valence-corrected chi connectivity index (χ0v) is 17.3. The fourth-order valence-electron chi connectivity index (χ4n) is 2.21. The molecule has 0 fully saturated rings. The molecule has 1 aromatic rings. The van der Waals surface area contributed by atoms with Gasteiger partial charge in [0.2, 0.25) is 10.0 Å². The summed E-state index contributed by atoms with van der Waals surface area (Å²) in [4.78, 5) is 6.60. The molecule has 0 unspecified atom stereocenters. The van der Waals surface area contributed by atoms with E-state index in [1.54, 1.807) is 0 Å². The summed E-state index contributed by atoms with van der Waals surface area (Å²) in [5.41, 5.74) is 0.520. The van der Waals surface area contributed by atoms with Gasteiger partial charge in [0, 0.05) is 30.1 Å². The van der Waals surface area contributed by atoms with Crippen molar-refractivity contribution in [3.63, 3.8) is 0 Å². The van der Waals surface area contributed by atoms with Crippen LogP contribution in [0.3, 0.4) is 0 Å². The molecule has 6 nitrogen and oxygen atoms in total. The third-order valence-electron chi connectivity index (χ3n) is 3.12. The number of hydrogen-bond donors (Lipinski definition) is 2. The number of sulfonamides is 1. The number of hydrogen-bond acceptors (Lipinski definition) is 3. The lowest BCUT2D eigenvalue weighted by molar-refractivity contribution is 0.446. The smallest absolute Gasteiger partial charge is 0.209 e. The zero-order valence-electron chi connectivity index (χ0n) is 14.9. The van der Waals surface area contributed by atoms with Gasteiger partial charge in [0.1, 0.15) is 0 Å². The Labute approximate surface area is 153 Å². The maximum absolute atomic E-state index is 11.4. The summed E-state index contributed by atoms with van der Waals surface area (Å²) in [7, 11) is -1.31. The second-order valence-corrected chi connectivity index (χ2v) is 9.07. The Hall–Kier alpha value is -1.12. The van der Waals surface area contributed by atoms with Crippen molar-refractivity contribution in [3.05, 3.63) is 34.3 Å². The summed E-state index contributed by atoms with van der Waals surface area (Å²) in [6.45, 7) is 7.42. The van der Waals surface area contributed by atoms with E-state index in [0.29, 0.717) is 13.1 Å².